The molecular weight excluding hydrogens is 404 g/mol. The fourth-order valence-electron chi connectivity index (χ4n) is 4.03. The number of nitrogens with one attached hydrogen (secondary N) is 1. The topological polar surface area (TPSA) is 75.7 Å². The number of rotatable bonds is 7. The lowest BCUT2D eigenvalue weighted by Crippen LogP contribution is -2.52. The first-order chi connectivity index (χ1) is 15.5. The van der Waals surface area contributed by atoms with Crippen LogP contribution in [0.4, 0.5) is 0 Å². The number of carbonyl (C=O) groups excluding carboxylic acids is 3. The van der Waals surface area contributed by atoms with Crippen LogP contribution in [0.3, 0.4) is 0 Å². The van der Waals surface area contributed by atoms with Crippen LogP contribution in [0.25, 0.3) is 0 Å². The lowest BCUT2D eigenvalue weighted by molar-refractivity contribution is -0.198. The fourth-order valence-corrected chi connectivity index (χ4v) is 4.03. The SMILES string of the molecule is CC(NC(c1ccccc1)(c1ccccc1)c1ccccc1)C(=O)ON1C(=O)CCC1=O. The summed E-state index contributed by atoms with van der Waals surface area (Å²) in [5, 5.41) is 4.04. The van der Waals surface area contributed by atoms with Crippen LogP contribution in [-0.2, 0) is 24.8 Å². The highest BCUT2D eigenvalue weighted by Crippen LogP contribution is 2.37. The molecule has 0 bridgehead atoms. The molecule has 0 aliphatic carbocycles. The van der Waals surface area contributed by atoms with Gasteiger partial charge in [-0.25, -0.2) is 4.79 Å². The predicted octanol–water partition coefficient (Wildman–Crippen LogP) is 3.56. The van der Waals surface area contributed by atoms with Gasteiger partial charge in [0, 0.05) is 12.8 Å². The number of imide groups is 1. The molecule has 3 aromatic rings. The summed E-state index contributed by atoms with van der Waals surface area (Å²) in [6.07, 6.45) is 0.103. The van der Waals surface area contributed by atoms with Crippen LogP contribution in [0.15, 0.2) is 91.0 Å². The molecule has 32 heavy (non-hydrogen) atoms. The normalized spacial score (nSPS) is 15.0. The van der Waals surface area contributed by atoms with E-state index in [1.165, 1.54) is 0 Å². The third-order valence-electron chi connectivity index (χ3n) is 5.59. The maximum Gasteiger partial charge on any atom is 0.349 e. The largest absolute Gasteiger partial charge is 0.349 e. The minimum atomic E-state index is -0.874. The smallest absolute Gasteiger partial charge is 0.329 e. The summed E-state index contributed by atoms with van der Waals surface area (Å²) in [6.45, 7) is 1.66. The lowest BCUT2D eigenvalue weighted by Gasteiger charge is -2.38. The van der Waals surface area contributed by atoms with E-state index < -0.39 is 29.4 Å². The zero-order chi connectivity index (χ0) is 22.6. The molecule has 1 atom stereocenters. The van der Waals surface area contributed by atoms with Gasteiger partial charge in [0.2, 0.25) is 0 Å². The van der Waals surface area contributed by atoms with E-state index in [1.807, 2.05) is 91.0 Å². The molecule has 0 spiro atoms. The molecule has 6 nitrogen and oxygen atoms in total. The molecule has 1 fully saturated rings. The number of amides is 2. The highest BCUT2D eigenvalue weighted by atomic mass is 16.7. The second-order valence-electron chi connectivity index (χ2n) is 7.71. The highest BCUT2D eigenvalue weighted by Gasteiger charge is 2.40. The Labute approximate surface area is 186 Å². The van der Waals surface area contributed by atoms with Gasteiger partial charge in [0.15, 0.2) is 0 Å². The van der Waals surface area contributed by atoms with E-state index in [-0.39, 0.29) is 12.8 Å². The van der Waals surface area contributed by atoms with Gasteiger partial charge in [-0.15, -0.1) is 5.06 Å². The first-order valence-corrected chi connectivity index (χ1v) is 10.5. The molecule has 1 heterocycles. The van der Waals surface area contributed by atoms with E-state index in [4.69, 9.17) is 4.84 Å². The monoisotopic (exact) mass is 428 g/mol. The summed E-state index contributed by atoms with van der Waals surface area (Å²) in [4.78, 5) is 41.9. The quantitative estimate of drug-likeness (QED) is 0.460. The van der Waals surface area contributed by atoms with Gasteiger partial charge in [0.1, 0.15) is 6.04 Å². The van der Waals surface area contributed by atoms with Crippen molar-refractivity contribution >= 4 is 17.8 Å². The van der Waals surface area contributed by atoms with Crippen LogP contribution in [0.1, 0.15) is 36.5 Å². The van der Waals surface area contributed by atoms with Gasteiger partial charge in [-0.1, -0.05) is 91.0 Å². The molecule has 0 saturated carbocycles. The number of hydrogen-bond acceptors (Lipinski definition) is 5. The molecule has 1 N–H and O–H groups in total. The van der Waals surface area contributed by atoms with Crippen molar-refractivity contribution in [2.45, 2.75) is 31.3 Å². The lowest BCUT2D eigenvalue weighted by atomic mass is 9.76. The van der Waals surface area contributed by atoms with Crippen LogP contribution < -0.4 is 5.32 Å². The van der Waals surface area contributed by atoms with Crippen molar-refractivity contribution in [1.82, 2.24) is 10.4 Å². The summed E-state index contributed by atoms with van der Waals surface area (Å²) in [7, 11) is 0. The summed E-state index contributed by atoms with van der Waals surface area (Å²) < 4.78 is 0. The Morgan fingerprint density at radius 2 is 1.16 bits per heavy atom. The Morgan fingerprint density at radius 3 is 1.53 bits per heavy atom. The van der Waals surface area contributed by atoms with Crippen LogP contribution in [-0.4, -0.2) is 28.9 Å². The van der Waals surface area contributed by atoms with E-state index >= 15 is 0 Å². The van der Waals surface area contributed by atoms with Gasteiger partial charge >= 0.3 is 5.97 Å². The first-order valence-electron chi connectivity index (χ1n) is 10.5. The van der Waals surface area contributed by atoms with Crippen molar-refractivity contribution in [3.8, 4) is 0 Å². The van der Waals surface area contributed by atoms with Crippen LogP contribution in [0.2, 0.25) is 0 Å². The Kier molecular flexibility index (Phi) is 6.14. The van der Waals surface area contributed by atoms with Crippen LogP contribution in [0, 0.1) is 0 Å². The van der Waals surface area contributed by atoms with Gasteiger partial charge < -0.3 is 4.84 Å². The number of carbonyl (C=O) groups is 3. The Morgan fingerprint density at radius 1 is 0.781 bits per heavy atom. The Balaban J connectivity index is 1.76. The third-order valence-corrected chi connectivity index (χ3v) is 5.59. The fraction of sp³-hybridized carbons (Fsp3) is 0.192. The molecule has 3 aromatic carbocycles. The zero-order valence-corrected chi connectivity index (χ0v) is 17.7. The molecule has 1 aliphatic rings. The van der Waals surface area contributed by atoms with E-state index in [0.29, 0.717) is 5.06 Å². The van der Waals surface area contributed by atoms with E-state index in [1.54, 1.807) is 6.92 Å². The van der Waals surface area contributed by atoms with Crippen molar-refractivity contribution in [3.63, 3.8) is 0 Å². The molecule has 6 heteroatoms. The molecular formula is C26H24N2O4. The van der Waals surface area contributed by atoms with Crippen molar-refractivity contribution < 1.29 is 19.2 Å². The molecule has 0 radical (unpaired) electrons. The maximum atomic E-state index is 12.9. The summed E-state index contributed by atoms with van der Waals surface area (Å²) >= 11 is 0. The van der Waals surface area contributed by atoms with Gasteiger partial charge in [-0.2, -0.15) is 0 Å². The third kappa shape index (κ3) is 4.05. The van der Waals surface area contributed by atoms with Crippen LogP contribution in [0.5, 0.6) is 0 Å². The molecule has 1 unspecified atom stereocenters. The average Bonchev–Trinajstić information content (AvgIpc) is 3.16. The number of benzene rings is 3. The molecule has 0 aromatic heterocycles. The van der Waals surface area contributed by atoms with Gasteiger partial charge in [0.05, 0.1) is 5.54 Å². The van der Waals surface area contributed by atoms with Gasteiger partial charge in [0.25, 0.3) is 11.8 Å². The predicted molar refractivity (Wildman–Crippen MR) is 119 cm³/mol. The number of hydroxylamine groups is 2. The maximum absolute atomic E-state index is 12.9. The first kappa shape index (κ1) is 21.5. The average molecular weight is 428 g/mol. The Bertz CT molecular complexity index is 988. The summed E-state index contributed by atoms with van der Waals surface area (Å²) in [6, 6.07) is 28.6. The van der Waals surface area contributed by atoms with Gasteiger partial charge in [-0.05, 0) is 23.6 Å². The van der Waals surface area contributed by atoms with Crippen molar-refractivity contribution in [3.05, 3.63) is 108 Å². The van der Waals surface area contributed by atoms with Crippen molar-refractivity contribution in [2.75, 3.05) is 0 Å². The second-order valence-corrected chi connectivity index (χ2v) is 7.71. The summed E-state index contributed by atoms with van der Waals surface area (Å²) in [5.74, 6) is -1.72. The van der Waals surface area contributed by atoms with E-state index in [2.05, 4.69) is 5.32 Å². The number of hydrogen-bond donors (Lipinski definition) is 1. The molecule has 2 amide bonds. The van der Waals surface area contributed by atoms with E-state index in [9.17, 15) is 14.4 Å². The van der Waals surface area contributed by atoms with Gasteiger partial charge in [-0.3, -0.25) is 14.9 Å². The standard InChI is InChI=1S/C26H24N2O4/c1-19(25(31)32-28-23(29)17-18-24(28)30)27-26(20-11-5-2-6-12-20,21-13-7-3-8-14-21)22-15-9-4-10-16-22/h2-16,19,27H,17-18H2,1H3. The Hall–Kier alpha value is -3.77. The summed E-state index contributed by atoms with van der Waals surface area (Å²) in [5.41, 5.74) is 1.93. The minimum absolute atomic E-state index is 0.0515. The van der Waals surface area contributed by atoms with E-state index in [0.717, 1.165) is 16.7 Å². The molecule has 4 rings (SSSR count). The van der Waals surface area contributed by atoms with Crippen LogP contribution >= 0.6 is 0 Å². The highest BCUT2D eigenvalue weighted by molar-refractivity contribution is 6.01. The van der Waals surface area contributed by atoms with Crippen molar-refractivity contribution in [2.24, 2.45) is 0 Å². The molecule has 1 saturated heterocycles. The zero-order valence-electron chi connectivity index (χ0n) is 17.7. The van der Waals surface area contributed by atoms with Crippen molar-refractivity contribution in [1.29, 1.82) is 0 Å². The second kappa shape index (κ2) is 9.16. The number of nitrogens with zero attached hydrogens (tertiary/aromatic N) is 1. The molecule has 1 aliphatic heterocycles. The molecule has 162 valence electrons. The minimum Gasteiger partial charge on any atom is -0.329 e.